The summed E-state index contributed by atoms with van der Waals surface area (Å²) in [6.07, 6.45) is 2.81. The van der Waals surface area contributed by atoms with Gasteiger partial charge in [0.1, 0.15) is 0 Å². The first kappa shape index (κ1) is 17.9. The van der Waals surface area contributed by atoms with E-state index < -0.39 is 10.0 Å². The van der Waals surface area contributed by atoms with Crippen molar-refractivity contribution < 1.29 is 8.42 Å². The minimum Gasteiger partial charge on any atom is -0.370 e. The third-order valence-electron chi connectivity index (χ3n) is 2.93. The largest absolute Gasteiger partial charge is 0.370 e. The molecule has 0 saturated carbocycles. The van der Waals surface area contributed by atoms with Crippen LogP contribution in [-0.2, 0) is 16.4 Å². The van der Waals surface area contributed by atoms with E-state index >= 15 is 0 Å². The van der Waals surface area contributed by atoms with Crippen LogP contribution >= 0.6 is 11.3 Å². The normalized spacial score (nSPS) is 12.8. The summed E-state index contributed by atoms with van der Waals surface area (Å²) in [5.74, 6) is 0.411. The number of nitrogens with zero attached hydrogens (tertiary/aromatic N) is 2. The van der Waals surface area contributed by atoms with Crippen molar-refractivity contribution in [2.45, 2.75) is 19.8 Å². The topological polar surface area (TPSA) is 87.8 Å². The van der Waals surface area contributed by atoms with Gasteiger partial charge in [-0.05, 0) is 24.3 Å². The number of sulfonamides is 1. The Morgan fingerprint density at radius 1 is 1.52 bits per heavy atom. The van der Waals surface area contributed by atoms with Crippen LogP contribution in [0.2, 0.25) is 0 Å². The molecule has 1 heterocycles. The molecule has 0 spiro atoms. The maximum Gasteiger partial charge on any atom is 0.211 e. The highest BCUT2D eigenvalue weighted by molar-refractivity contribution is 7.88. The molecule has 0 aliphatic rings. The standard InChI is InChI=1S/C13H24N4O2S2/c1-3-17(21(2,18)19)10-5-8-15-13(14)16-9-7-12-6-4-11-20-12/h4,6,11H,3,5,7-10H2,1-2H3,(H3,14,15,16). The lowest BCUT2D eigenvalue weighted by Crippen LogP contribution is -2.34. The Kier molecular flexibility index (Phi) is 7.69. The van der Waals surface area contributed by atoms with Crippen LogP contribution in [0, 0.1) is 0 Å². The average molecular weight is 332 g/mol. The van der Waals surface area contributed by atoms with Gasteiger partial charge in [0.25, 0.3) is 0 Å². The third-order valence-corrected chi connectivity index (χ3v) is 5.24. The Bertz CT molecular complexity index is 526. The van der Waals surface area contributed by atoms with Gasteiger partial charge in [-0.2, -0.15) is 0 Å². The Morgan fingerprint density at radius 2 is 2.29 bits per heavy atom. The van der Waals surface area contributed by atoms with E-state index in [0.717, 1.165) is 13.0 Å². The van der Waals surface area contributed by atoms with Crippen molar-refractivity contribution in [1.29, 1.82) is 0 Å². The zero-order chi connectivity index (χ0) is 15.7. The molecule has 1 rings (SSSR count). The third kappa shape index (κ3) is 7.45. The second kappa shape index (κ2) is 9.01. The molecule has 1 aromatic heterocycles. The number of hydrogen-bond acceptors (Lipinski definition) is 4. The highest BCUT2D eigenvalue weighted by Crippen LogP contribution is 2.07. The fourth-order valence-corrected chi connectivity index (χ4v) is 3.47. The maximum atomic E-state index is 11.4. The molecule has 6 nitrogen and oxygen atoms in total. The smallest absolute Gasteiger partial charge is 0.211 e. The van der Waals surface area contributed by atoms with Crippen molar-refractivity contribution in [2.24, 2.45) is 10.7 Å². The average Bonchev–Trinajstić information content (AvgIpc) is 2.90. The minimum atomic E-state index is -3.12. The second-order valence-corrected chi connectivity index (χ2v) is 7.65. The Labute approximate surface area is 131 Å². The summed E-state index contributed by atoms with van der Waals surface area (Å²) in [6, 6.07) is 4.11. The molecule has 0 unspecified atom stereocenters. The first-order chi connectivity index (χ1) is 9.93. The number of hydrogen-bond donors (Lipinski definition) is 2. The van der Waals surface area contributed by atoms with Gasteiger partial charge in [-0.25, -0.2) is 12.7 Å². The van der Waals surface area contributed by atoms with Gasteiger partial charge in [0, 0.05) is 31.1 Å². The molecular formula is C13H24N4O2S2. The molecule has 21 heavy (non-hydrogen) atoms. The molecule has 1 aromatic rings. The highest BCUT2D eigenvalue weighted by atomic mass is 32.2. The van der Waals surface area contributed by atoms with Gasteiger partial charge < -0.3 is 11.1 Å². The number of aliphatic imine (C=N–C) groups is 1. The van der Waals surface area contributed by atoms with Crippen LogP contribution in [0.25, 0.3) is 0 Å². The van der Waals surface area contributed by atoms with Crippen LogP contribution in [0.15, 0.2) is 22.5 Å². The summed E-state index contributed by atoms with van der Waals surface area (Å²) in [4.78, 5) is 5.50. The lowest BCUT2D eigenvalue weighted by atomic mass is 10.3. The van der Waals surface area contributed by atoms with E-state index in [9.17, 15) is 8.42 Å². The Morgan fingerprint density at radius 3 is 2.86 bits per heavy atom. The minimum absolute atomic E-state index is 0.411. The molecule has 0 amide bonds. The molecule has 0 saturated heterocycles. The monoisotopic (exact) mass is 332 g/mol. The van der Waals surface area contributed by atoms with E-state index in [0.29, 0.717) is 32.0 Å². The molecule has 8 heteroatoms. The van der Waals surface area contributed by atoms with Crippen molar-refractivity contribution in [3.63, 3.8) is 0 Å². The summed E-state index contributed by atoms with van der Waals surface area (Å²) in [6.45, 7) is 4.05. The van der Waals surface area contributed by atoms with Gasteiger partial charge in [0.2, 0.25) is 10.0 Å². The fraction of sp³-hybridized carbons (Fsp3) is 0.615. The van der Waals surface area contributed by atoms with Gasteiger partial charge in [-0.15, -0.1) is 11.3 Å². The summed E-state index contributed by atoms with van der Waals surface area (Å²) >= 11 is 1.72. The molecule has 0 aromatic carbocycles. The van der Waals surface area contributed by atoms with Crippen LogP contribution in [-0.4, -0.2) is 51.1 Å². The molecule has 0 radical (unpaired) electrons. The van der Waals surface area contributed by atoms with Crippen molar-refractivity contribution in [2.75, 3.05) is 32.4 Å². The first-order valence-corrected chi connectivity index (χ1v) is 9.67. The quantitative estimate of drug-likeness (QED) is 0.399. The zero-order valence-electron chi connectivity index (χ0n) is 12.6. The molecule has 120 valence electrons. The van der Waals surface area contributed by atoms with Crippen LogP contribution in [0.5, 0.6) is 0 Å². The van der Waals surface area contributed by atoms with Crippen LogP contribution in [0.1, 0.15) is 18.2 Å². The molecule has 0 atom stereocenters. The van der Waals surface area contributed by atoms with Crippen LogP contribution < -0.4 is 11.1 Å². The molecule has 0 aliphatic heterocycles. The number of guanidine groups is 1. The first-order valence-electron chi connectivity index (χ1n) is 6.94. The lowest BCUT2D eigenvalue weighted by molar-refractivity contribution is 0.427. The number of thiophene rings is 1. The van der Waals surface area contributed by atoms with E-state index in [2.05, 4.69) is 16.4 Å². The van der Waals surface area contributed by atoms with E-state index in [1.165, 1.54) is 15.4 Å². The van der Waals surface area contributed by atoms with Crippen molar-refractivity contribution in [3.05, 3.63) is 22.4 Å². The molecular weight excluding hydrogens is 308 g/mol. The zero-order valence-corrected chi connectivity index (χ0v) is 14.2. The van der Waals surface area contributed by atoms with Crippen molar-refractivity contribution in [1.82, 2.24) is 9.62 Å². The Balaban J connectivity index is 2.20. The summed E-state index contributed by atoms with van der Waals surface area (Å²) in [5, 5.41) is 5.11. The van der Waals surface area contributed by atoms with E-state index in [1.807, 2.05) is 18.4 Å². The van der Waals surface area contributed by atoms with Crippen LogP contribution in [0.3, 0.4) is 0 Å². The molecule has 0 bridgehead atoms. The number of nitrogens with two attached hydrogens (primary N) is 1. The second-order valence-electron chi connectivity index (χ2n) is 4.63. The predicted molar refractivity (Wildman–Crippen MR) is 89.2 cm³/mol. The summed E-state index contributed by atoms with van der Waals surface area (Å²) in [7, 11) is -3.12. The van der Waals surface area contributed by atoms with Crippen molar-refractivity contribution in [3.8, 4) is 0 Å². The van der Waals surface area contributed by atoms with Gasteiger partial charge in [-0.1, -0.05) is 13.0 Å². The lowest BCUT2D eigenvalue weighted by Gasteiger charge is -2.16. The van der Waals surface area contributed by atoms with Crippen LogP contribution in [0.4, 0.5) is 0 Å². The van der Waals surface area contributed by atoms with Crippen molar-refractivity contribution >= 4 is 27.3 Å². The summed E-state index contributed by atoms with van der Waals surface area (Å²) < 4.78 is 24.2. The summed E-state index contributed by atoms with van der Waals surface area (Å²) in [5.41, 5.74) is 5.76. The predicted octanol–water partition coefficient (Wildman–Crippen LogP) is 0.867. The molecule has 3 N–H and O–H groups in total. The van der Waals surface area contributed by atoms with Gasteiger partial charge in [-0.3, -0.25) is 4.99 Å². The Hall–Kier alpha value is -1.12. The number of nitrogens with one attached hydrogen (secondary N) is 1. The van der Waals surface area contributed by atoms with E-state index in [4.69, 9.17) is 5.73 Å². The van der Waals surface area contributed by atoms with Gasteiger partial charge in [0.15, 0.2) is 5.96 Å². The maximum absolute atomic E-state index is 11.4. The van der Waals surface area contributed by atoms with Gasteiger partial charge in [0.05, 0.1) is 6.26 Å². The highest BCUT2D eigenvalue weighted by Gasteiger charge is 2.12. The fourth-order valence-electron chi connectivity index (χ4n) is 1.83. The van der Waals surface area contributed by atoms with E-state index in [1.54, 1.807) is 11.3 Å². The SMILES string of the molecule is CCN(CCCN=C(N)NCCc1cccs1)S(C)(=O)=O. The van der Waals surface area contributed by atoms with E-state index in [-0.39, 0.29) is 0 Å². The number of rotatable bonds is 9. The van der Waals surface area contributed by atoms with Gasteiger partial charge >= 0.3 is 0 Å². The molecule has 0 fully saturated rings. The molecule has 0 aliphatic carbocycles.